The first kappa shape index (κ1) is 11.2. The molecule has 0 aliphatic carbocycles. The van der Waals surface area contributed by atoms with Gasteiger partial charge < -0.3 is 4.74 Å². The summed E-state index contributed by atoms with van der Waals surface area (Å²) in [5.41, 5.74) is 2.16. The Morgan fingerprint density at radius 2 is 1.89 bits per heavy atom. The molecule has 1 aromatic heterocycles. The highest BCUT2D eigenvalue weighted by atomic mass is 79.9. The van der Waals surface area contributed by atoms with Crippen LogP contribution < -0.4 is 0 Å². The van der Waals surface area contributed by atoms with Gasteiger partial charge in [-0.1, -0.05) is 18.2 Å². The summed E-state index contributed by atoms with van der Waals surface area (Å²) in [7, 11) is 0. The van der Waals surface area contributed by atoms with Crippen molar-refractivity contribution in [1.29, 1.82) is 0 Å². The number of cyclic esters (lactones) is 1. The highest BCUT2D eigenvalue weighted by Gasteiger charge is 2.25. The third kappa shape index (κ3) is 1.95. The molecule has 2 aromatic rings. The van der Waals surface area contributed by atoms with Crippen molar-refractivity contribution in [3.8, 4) is 0 Å². The van der Waals surface area contributed by atoms with Crippen LogP contribution in [0, 0.1) is 0 Å². The predicted octanol–water partition coefficient (Wildman–Crippen LogP) is 3.51. The van der Waals surface area contributed by atoms with Crippen LogP contribution in [0.2, 0.25) is 0 Å². The van der Waals surface area contributed by atoms with Crippen LogP contribution in [0.3, 0.4) is 0 Å². The summed E-state index contributed by atoms with van der Waals surface area (Å²) < 4.78 is 6.15. The number of benzene rings is 1. The number of hydrogen-bond donors (Lipinski definition) is 0. The summed E-state index contributed by atoms with van der Waals surface area (Å²) in [4.78, 5) is 15.9. The van der Waals surface area contributed by atoms with E-state index < -0.39 is 0 Å². The van der Waals surface area contributed by atoms with Gasteiger partial charge >= 0.3 is 5.97 Å². The number of hydrogen-bond acceptors (Lipinski definition) is 3. The molecule has 88 valence electrons. The Morgan fingerprint density at radius 3 is 2.61 bits per heavy atom. The summed E-state index contributed by atoms with van der Waals surface area (Å²) >= 11 is 3.32. The Bertz CT molecular complexity index is 647. The minimum Gasteiger partial charge on any atom is -0.422 e. The summed E-state index contributed by atoms with van der Waals surface area (Å²) in [6.07, 6.45) is 3.46. The van der Waals surface area contributed by atoms with Gasteiger partial charge in [-0.25, -0.2) is 4.79 Å². The minimum absolute atomic E-state index is 0.311. The normalized spacial score (nSPS) is 15.6. The van der Waals surface area contributed by atoms with E-state index in [1.807, 2.05) is 30.3 Å². The van der Waals surface area contributed by atoms with Gasteiger partial charge in [-0.05, 0) is 34.1 Å². The number of fused-ring (bicyclic) bond motifs is 1. The van der Waals surface area contributed by atoms with Gasteiger partial charge in [-0.15, -0.1) is 0 Å². The Morgan fingerprint density at radius 1 is 1.11 bits per heavy atom. The molecule has 1 aliphatic rings. The van der Waals surface area contributed by atoms with Crippen molar-refractivity contribution >= 4 is 33.7 Å². The average Bonchev–Trinajstić information content (AvgIpc) is 2.70. The number of aromatic nitrogens is 1. The van der Waals surface area contributed by atoms with E-state index in [4.69, 9.17) is 4.74 Å². The highest BCUT2D eigenvalue weighted by Crippen LogP contribution is 2.30. The van der Waals surface area contributed by atoms with E-state index in [2.05, 4.69) is 20.9 Å². The Hall–Kier alpha value is -1.94. The van der Waals surface area contributed by atoms with Crippen molar-refractivity contribution in [1.82, 2.24) is 4.98 Å². The monoisotopic (exact) mass is 301 g/mol. The van der Waals surface area contributed by atoms with E-state index in [1.54, 1.807) is 18.3 Å². The average molecular weight is 302 g/mol. The van der Waals surface area contributed by atoms with Crippen molar-refractivity contribution in [3.63, 3.8) is 0 Å². The SMILES string of the molecule is O=C1OC(=Cc2ccc(Br)cn2)c2ccccc21. The van der Waals surface area contributed by atoms with Crippen molar-refractivity contribution in [3.05, 3.63) is 63.9 Å². The summed E-state index contributed by atoms with van der Waals surface area (Å²) in [5, 5.41) is 0. The van der Waals surface area contributed by atoms with Crippen LogP contribution in [-0.4, -0.2) is 11.0 Å². The molecular formula is C14H8BrNO2. The zero-order valence-corrected chi connectivity index (χ0v) is 10.8. The van der Waals surface area contributed by atoms with Crippen LogP contribution in [0.25, 0.3) is 11.8 Å². The van der Waals surface area contributed by atoms with Crippen LogP contribution in [0.4, 0.5) is 0 Å². The van der Waals surface area contributed by atoms with E-state index in [0.29, 0.717) is 11.3 Å². The fourth-order valence-electron chi connectivity index (χ4n) is 1.80. The molecule has 0 N–H and O–H groups in total. The van der Waals surface area contributed by atoms with E-state index in [-0.39, 0.29) is 5.97 Å². The second-order valence-electron chi connectivity index (χ2n) is 3.84. The van der Waals surface area contributed by atoms with Gasteiger partial charge in [0.25, 0.3) is 0 Å². The summed E-state index contributed by atoms with van der Waals surface area (Å²) in [6.45, 7) is 0. The van der Waals surface area contributed by atoms with E-state index in [0.717, 1.165) is 15.7 Å². The molecule has 0 saturated carbocycles. The Labute approximate surface area is 112 Å². The van der Waals surface area contributed by atoms with Crippen molar-refractivity contribution in [2.24, 2.45) is 0 Å². The molecule has 0 bridgehead atoms. The number of carbonyl (C=O) groups excluding carboxylic acids is 1. The zero-order chi connectivity index (χ0) is 12.5. The van der Waals surface area contributed by atoms with Crippen LogP contribution in [-0.2, 0) is 4.74 Å². The molecule has 4 heteroatoms. The van der Waals surface area contributed by atoms with Crippen LogP contribution in [0.1, 0.15) is 21.6 Å². The second kappa shape index (κ2) is 4.38. The van der Waals surface area contributed by atoms with Crippen molar-refractivity contribution in [2.45, 2.75) is 0 Å². The second-order valence-corrected chi connectivity index (χ2v) is 4.76. The first-order valence-electron chi connectivity index (χ1n) is 5.39. The third-order valence-electron chi connectivity index (χ3n) is 2.64. The first-order chi connectivity index (χ1) is 8.74. The number of pyridine rings is 1. The van der Waals surface area contributed by atoms with Gasteiger partial charge in [0.15, 0.2) is 0 Å². The quantitative estimate of drug-likeness (QED) is 0.757. The lowest BCUT2D eigenvalue weighted by Gasteiger charge is -1.98. The lowest BCUT2D eigenvalue weighted by atomic mass is 10.1. The number of esters is 1. The largest absolute Gasteiger partial charge is 0.422 e. The minimum atomic E-state index is -0.311. The van der Waals surface area contributed by atoms with Crippen LogP contribution in [0.5, 0.6) is 0 Å². The molecule has 3 nitrogen and oxygen atoms in total. The summed E-state index contributed by atoms with van der Waals surface area (Å²) in [5.74, 6) is 0.236. The molecule has 18 heavy (non-hydrogen) atoms. The highest BCUT2D eigenvalue weighted by molar-refractivity contribution is 9.10. The van der Waals surface area contributed by atoms with Crippen LogP contribution in [0.15, 0.2) is 47.1 Å². The van der Waals surface area contributed by atoms with Gasteiger partial charge in [0.2, 0.25) is 0 Å². The smallest absolute Gasteiger partial charge is 0.344 e. The van der Waals surface area contributed by atoms with E-state index in [1.165, 1.54) is 0 Å². The maximum Gasteiger partial charge on any atom is 0.344 e. The lowest BCUT2D eigenvalue weighted by molar-refractivity contribution is 0.0717. The molecule has 0 spiro atoms. The lowest BCUT2D eigenvalue weighted by Crippen LogP contribution is -1.92. The van der Waals surface area contributed by atoms with Gasteiger partial charge in [-0.2, -0.15) is 0 Å². The maximum absolute atomic E-state index is 11.6. The molecule has 0 atom stereocenters. The first-order valence-corrected chi connectivity index (χ1v) is 6.18. The summed E-state index contributed by atoms with van der Waals surface area (Å²) in [6, 6.07) is 11.1. The van der Waals surface area contributed by atoms with Crippen LogP contribution >= 0.6 is 15.9 Å². The topological polar surface area (TPSA) is 39.2 Å². The fraction of sp³-hybridized carbons (Fsp3) is 0. The van der Waals surface area contributed by atoms with Crippen molar-refractivity contribution < 1.29 is 9.53 Å². The number of rotatable bonds is 1. The Balaban J connectivity index is 2.04. The number of nitrogens with zero attached hydrogens (tertiary/aromatic N) is 1. The molecule has 0 unspecified atom stereocenters. The molecular weight excluding hydrogens is 294 g/mol. The zero-order valence-electron chi connectivity index (χ0n) is 9.26. The number of carbonyl (C=O) groups is 1. The molecule has 3 rings (SSSR count). The third-order valence-corrected chi connectivity index (χ3v) is 3.11. The number of halogens is 1. The van der Waals surface area contributed by atoms with Gasteiger partial charge in [0.05, 0.1) is 11.3 Å². The molecule has 0 saturated heterocycles. The molecule has 0 amide bonds. The van der Waals surface area contributed by atoms with Gasteiger partial charge in [0, 0.05) is 22.3 Å². The van der Waals surface area contributed by atoms with Gasteiger partial charge in [-0.3, -0.25) is 4.98 Å². The predicted molar refractivity (Wildman–Crippen MR) is 71.7 cm³/mol. The van der Waals surface area contributed by atoms with Crippen molar-refractivity contribution in [2.75, 3.05) is 0 Å². The van der Waals surface area contributed by atoms with E-state index in [9.17, 15) is 4.79 Å². The molecule has 1 aromatic carbocycles. The molecule has 2 heterocycles. The molecule has 0 fully saturated rings. The standard InChI is InChI=1S/C14H8BrNO2/c15-9-5-6-10(16-8-9)7-13-11-3-1-2-4-12(11)14(17)18-13/h1-8H. The number of ether oxygens (including phenoxy) is 1. The fourth-order valence-corrected chi connectivity index (χ4v) is 2.03. The maximum atomic E-state index is 11.6. The van der Waals surface area contributed by atoms with Gasteiger partial charge in [0.1, 0.15) is 5.76 Å². The Kier molecular flexibility index (Phi) is 2.72. The molecule has 1 aliphatic heterocycles. The van der Waals surface area contributed by atoms with E-state index >= 15 is 0 Å². The molecule has 0 radical (unpaired) electrons.